The van der Waals surface area contributed by atoms with Crippen molar-refractivity contribution in [1.82, 2.24) is 14.9 Å². The number of alkyl halides is 2. The molecular weight excluding hydrogens is 517 g/mol. The topological polar surface area (TPSA) is 69.0 Å². The Morgan fingerprint density at radius 2 is 1.57 bits per heavy atom. The maximum absolute atomic E-state index is 13.6. The second-order valence-corrected chi connectivity index (χ2v) is 9.59. The quantitative estimate of drug-likeness (QED) is 0.286. The molecule has 0 saturated carbocycles. The van der Waals surface area contributed by atoms with Crippen molar-refractivity contribution in [3.05, 3.63) is 94.0 Å². The third-order valence-corrected chi connectivity index (χ3v) is 7.11. The van der Waals surface area contributed by atoms with Crippen LogP contribution in [0.25, 0.3) is 11.4 Å². The number of ketones is 1. The van der Waals surface area contributed by atoms with Crippen molar-refractivity contribution in [3.63, 3.8) is 0 Å². The lowest BCUT2D eigenvalue weighted by Crippen LogP contribution is -2.39. The van der Waals surface area contributed by atoms with Crippen LogP contribution in [0, 0.1) is 0 Å². The van der Waals surface area contributed by atoms with Gasteiger partial charge in [-0.05, 0) is 66.2 Å². The molecule has 0 radical (unpaired) electrons. The maximum Gasteiger partial charge on any atom is 0.387 e. The summed E-state index contributed by atoms with van der Waals surface area (Å²) in [4.78, 5) is 13.6. The number of nitrogens with zero attached hydrogens (tertiary/aromatic N) is 3. The number of thioether (sulfide) groups is 1. The van der Waals surface area contributed by atoms with E-state index in [-0.39, 0.29) is 11.5 Å². The Morgan fingerprint density at radius 3 is 2.20 bits per heavy atom. The second-order valence-electron chi connectivity index (χ2n) is 7.61. The standard InChI is InChI=1S/C24H16Cl2F2N4O2S/c25-16-7-1-13(2-8-16)19-21(20(33)14-5-11-18(12-6-14)34-23(27)28)35-24-30-29-22(32(24)31-19)15-3-9-17(26)10-4-15/h1-12,19,21,23,31H/t19-,21-/m0/s1. The summed E-state index contributed by atoms with van der Waals surface area (Å²) in [5.41, 5.74) is 5.37. The van der Waals surface area contributed by atoms with E-state index in [0.717, 1.165) is 11.1 Å². The zero-order valence-corrected chi connectivity index (χ0v) is 20.1. The fraction of sp³-hybridized carbons (Fsp3) is 0.125. The molecule has 0 bridgehead atoms. The van der Waals surface area contributed by atoms with E-state index in [1.54, 1.807) is 28.9 Å². The zero-order valence-electron chi connectivity index (χ0n) is 17.7. The average Bonchev–Trinajstić information content (AvgIpc) is 3.27. The number of aromatic nitrogens is 3. The summed E-state index contributed by atoms with van der Waals surface area (Å²) in [5.74, 6) is 0.350. The van der Waals surface area contributed by atoms with Gasteiger partial charge in [-0.1, -0.05) is 47.1 Å². The predicted octanol–water partition coefficient (Wildman–Crippen LogP) is 6.50. The number of fused-ring (bicyclic) bond motifs is 1. The molecule has 0 aliphatic carbocycles. The van der Waals surface area contributed by atoms with E-state index in [9.17, 15) is 13.6 Å². The number of benzene rings is 3. The predicted molar refractivity (Wildman–Crippen MR) is 131 cm³/mol. The molecule has 2 heterocycles. The Bertz CT molecular complexity index is 1350. The molecule has 35 heavy (non-hydrogen) atoms. The molecular formula is C24H16Cl2F2N4O2S. The Hall–Kier alpha value is -3.14. The van der Waals surface area contributed by atoms with Crippen LogP contribution in [0.3, 0.4) is 0 Å². The number of hydrogen-bond donors (Lipinski definition) is 1. The summed E-state index contributed by atoms with van der Waals surface area (Å²) in [6.07, 6.45) is 0. The largest absolute Gasteiger partial charge is 0.435 e. The smallest absolute Gasteiger partial charge is 0.387 e. The molecule has 3 aromatic carbocycles. The third-order valence-electron chi connectivity index (χ3n) is 5.39. The van der Waals surface area contributed by atoms with Crippen molar-refractivity contribution in [2.24, 2.45) is 0 Å². The molecule has 1 aromatic heterocycles. The van der Waals surface area contributed by atoms with Gasteiger partial charge in [0.15, 0.2) is 11.6 Å². The van der Waals surface area contributed by atoms with Crippen LogP contribution in [0.4, 0.5) is 8.78 Å². The lowest BCUT2D eigenvalue weighted by molar-refractivity contribution is -0.0498. The molecule has 0 fully saturated rings. The number of carbonyl (C=O) groups is 1. The van der Waals surface area contributed by atoms with Gasteiger partial charge in [0.25, 0.3) is 0 Å². The van der Waals surface area contributed by atoms with Gasteiger partial charge in [0.1, 0.15) is 11.0 Å². The number of rotatable bonds is 6. The van der Waals surface area contributed by atoms with E-state index in [2.05, 4.69) is 20.4 Å². The van der Waals surface area contributed by atoms with Gasteiger partial charge in [-0.15, -0.1) is 10.2 Å². The number of halogens is 4. The van der Waals surface area contributed by atoms with Gasteiger partial charge in [0.05, 0.1) is 6.04 Å². The first-order valence-corrected chi connectivity index (χ1v) is 12.0. The monoisotopic (exact) mass is 532 g/mol. The summed E-state index contributed by atoms with van der Waals surface area (Å²) < 4.78 is 31.1. The summed E-state index contributed by atoms with van der Waals surface area (Å²) in [6, 6.07) is 19.6. The van der Waals surface area contributed by atoms with Crippen LogP contribution in [0.2, 0.25) is 10.0 Å². The van der Waals surface area contributed by atoms with Gasteiger partial charge in [-0.3, -0.25) is 4.79 Å². The lowest BCUT2D eigenvalue weighted by Gasteiger charge is -2.33. The summed E-state index contributed by atoms with van der Waals surface area (Å²) in [7, 11) is 0. The zero-order chi connectivity index (χ0) is 24.5. The van der Waals surface area contributed by atoms with Crippen molar-refractivity contribution in [2.45, 2.75) is 23.1 Å². The first-order chi connectivity index (χ1) is 16.9. The average molecular weight is 533 g/mol. The minimum atomic E-state index is -2.94. The van der Waals surface area contributed by atoms with Crippen LogP contribution in [0.5, 0.6) is 5.75 Å². The SMILES string of the molecule is O=C(c1ccc(OC(F)F)cc1)[C@H]1Sc2nnc(-c3ccc(Cl)cc3)n2N[C@H]1c1ccc(Cl)cc1. The molecule has 1 aliphatic heterocycles. The number of carbonyl (C=O) groups excluding carboxylic acids is 1. The minimum absolute atomic E-state index is 0.0208. The number of nitrogens with one attached hydrogen (secondary N) is 1. The second kappa shape index (κ2) is 9.85. The molecule has 4 aromatic rings. The van der Waals surface area contributed by atoms with Gasteiger partial charge in [-0.25, -0.2) is 4.68 Å². The molecule has 5 rings (SSSR count). The van der Waals surface area contributed by atoms with E-state index in [1.165, 1.54) is 36.0 Å². The molecule has 0 unspecified atom stereocenters. The van der Waals surface area contributed by atoms with Crippen LogP contribution >= 0.6 is 35.0 Å². The van der Waals surface area contributed by atoms with E-state index < -0.39 is 17.9 Å². The van der Waals surface area contributed by atoms with Crippen molar-refractivity contribution < 1.29 is 18.3 Å². The molecule has 1 N–H and O–H groups in total. The van der Waals surface area contributed by atoms with E-state index >= 15 is 0 Å². The number of hydrogen-bond acceptors (Lipinski definition) is 6. The Kier molecular flexibility index (Phi) is 6.64. The van der Waals surface area contributed by atoms with Crippen LogP contribution < -0.4 is 10.2 Å². The van der Waals surface area contributed by atoms with Crippen molar-refractivity contribution in [1.29, 1.82) is 0 Å². The molecule has 178 valence electrons. The van der Waals surface area contributed by atoms with Crippen LogP contribution in [-0.2, 0) is 0 Å². The van der Waals surface area contributed by atoms with Crippen molar-refractivity contribution in [3.8, 4) is 17.1 Å². The normalized spacial score (nSPS) is 17.1. The van der Waals surface area contributed by atoms with E-state index in [1.807, 2.05) is 24.3 Å². The first kappa shape index (κ1) is 23.6. The molecule has 0 amide bonds. The van der Waals surface area contributed by atoms with E-state index in [4.69, 9.17) is 23.2 Å². The Balaban J connectivity index is 1.51. The molecule has 2 atom stereocenters. The summed E-state index contributed by atoms with van der Waals surface area (Å²) >= 11 is 13.4. The molecule has 0 spiro atoms. The van der Waals surface area contributed by atoms with Crippen molar-refractivity contribution in [2.75, 3.05) is 5.43 Å². The van der Waals surface area contributed by atoms with Crippen LogP contribution in [0.1, 0.15) is 22.0 Å². The summed E-state index contributed by atoms with van der Waals surface area (Å²) in [6.45, 7) is -2.94. The van der Waals surface area contributed by atoms with Gasteiger partial charge in [0.2, 0.25) is 5.16 Å². The van der Waals surface area contributed by atoms with Gasteiger partial charge < -0.3 is 10.2 Å². The molecule has 11 heteroatoms. The maximum atomic E-state index is 13.6. The fourth-order valence-electron chi connectivity index (χ4n) is 3.73. The fourth-order valence-corrected chi connectivity index (χ4v) is 5.14. The Morgan fingerprint density at radius 1 is 0.943 bits per heavy atom. The lowest BCUT2D eigenvalue weighted by atomic mass is 9.97. The Labute approximate surface area is 213 Å². The van der Waals surface area contributed by atoms with Gasteiger partial charge >= 0.3 is 6.61 Å². The van der Waals surface area contributed by atoms with Gasteiger partial charge in [-0.2, -0.15) is 8.78 Å². The molecule has 0 saturated heterocycles. The van der Waals surface area contributed by atoms with Crippen molar-refractivity contribution >= 4 is 40.7 Å². The van der Waals surface area contributed by atoms with Crippen LogP contribution in [0.15, 0.2) is 78.0 Å². The number of Topliss-reactive ketones (excluding diaryl/α,β-unsaturated/α-hetero) is 1. The highest BCUT2D eigenvalue weighted by atomic mass is 35.5. The summed E-state index contributed by atoms with van der Waals surface area (Å²) in [5, 5.41) is 9.65. The third kappa shape index (κ3) is 4.98. The number of ether oxygens (including phenoxy) is 1. The van der Waals surface area contributed by atoms with E-state index in [0.29, 0.717) is 26.6 Å². The highest BCUT2D eigenvalue weighted by Gasteiger charge is 2.38. The highest BCUT2D eigenvalue weighted by Crippen LogP contribution is 2.40. The van der Waals surface area contributed by atoms with Gasteiger partial charge in [0, 0.05) is 21.2 Å². The van der Waals surface area contributed by atoms with Crippen LogP contribution in [-0.4, -0.2) is 32.5 Å². The highest BCUT2D eigenvalue weighted by molar-refractivity contribution is 8.00. The molecule has 1 aliphatic rings. The first-order valence-electron chi connectivity index (χ1n) is 10.4. The molecule has 6 nitrogen and oxygen atoms in total. The minimum Gasteiger partial charge on any atom is -0.435 e.